The fourth-order valence-corrected chi connectivity index (χ4v) is 6.00. The molecular weight excluding hydrogens is 402 g/mol. The number of thiocarbonyl (C=S) groups is 1. The molecule has 4 heterocycles. The topological polar surface area (TPSA) is 45.6 Å². The second-order valence-corrected chi connectivity index (χ2v) is 9.69. The number of hydrogen-bond donors (Lipinski definition) is 0. The van der Waals surface area contributed by atoms with Crippen LogP contribution in [0, 0.1) is 5.92 Å². The van der Waals surface area contributed by atoms with Gasteiger partial charge in [-0.25, -0.2) is 0 Å². The van der Waals surface area contributed by atoms with Gasteiger partial charge in [-0.05, 0) is 36.5 Å². The lowest BCUT2D eigenvalue weighted by molar-refractivity contribution is -0.116. The molecule has 1 saturated heterocycles. The van der Waals surface area contributed by atoms with Gasteiger partial charge in [0.25, 0.3) is 5.56 Å². The summed E-state index contributed by atoms with van der Waals surface area (Å²) in [4.78, 5) is 29.1. The van der Waals surface area contributed by atoms with E-state index in [1.807, 2.05) is 33.7 Å². The van der Waals surface area contributed by atoms with Crippen LogP contribution in [-0.2, 0) is 17.8 Å². The van der Waals surface area contributed by atoms with E-state index in [1.54, 1.807) is 6.07 Å². The molecule has 0 spiro atoms. The molecule has 0 N–H and O–H groups in total. The number of carbonyl (C=O) groups excluding carboxylic acids is 1. The van der Waals surface area contributed by atoms with Crippen LogP contribution in [0.25, 0.3) is 0 Å². The molecule has 5 rings (SSSR count). The van der Waals surface area contributed by atoms with Crippen LogP contribution in [-0.4, -0.2) is 45.1 Å². The van der Waals surface area contributed by atoms with Gasteiger partial charge in [0, 0.05) is 49.5 Å². The van der Waals surface area contributed by atoms with Crippen molar-refractivity contribution in [2.45, 2.75) is 25.3 Å². The van der Waals surface area contributed by atoms with E-state index in [4.69, 9.17) is 12.2 Å². The zero-order chi connectivity index (χ0) is 20.0. The number of rotatable bonds is 2. The predicted molar refractivity (Wildman–Crippen MR) is 121 cm³/mol. The number of amides is 1. The van der Waals surface area contributed by atoms with Crippen molar-refractivity contribution in [2.24, 2.45) is 5.92 Å². The molecule has 0 radical (unpaired) electrons. The van der Waals surface area contributed by atoms with E-state index in [2.05, 4.69) is 17.0 Å². The van der Waals surface area contributed by atoms with Gasteiger partial charge in [0.15, 0.2) is 0 Å². The molecule has 150 valence electrons. The number of anilines is 1. The van der Waals surface area contributed by atoms with Crippen LogP contribution in [0.4, 0.5) is 5.69 Å². The standard InChI is InChI=1S/C22H23N3O2S2/c26-20-7-3-6-19-17-10-15(12-25(19)20)11-23(13-17)22(28)29-14-21(27)24-9-8-16-4-1-2-5-18(16)24/h1-7,15,17H,8-14H2/t15-,17-/m0/s1. The van der Waals surface area contributed by atoms with E-state index >= 15 is 0 Å². The maximum Gasteiger partial charge on any atom is 0.250 e. The first-order valence-electron chi connectivity index (χ1n) is 10.1. The van der Waals surface area contributed by atoms with Crippen LogP contribution in [0.2, 0.25) is 0 Å². The normalized spacial score (nSPS) is 22.2. The monoisotopic (exact) mass is 425 g/mol. The molecule has 2 aromatic rings. The highest BCUT2D eigenvalue weighted by Crippen LogP contribution is 2.36. The molecule has 2 atom stereocenters. The number of thioether (sulfide) groups is 1. The summed E-state index contributed by atoms with van der Waals surface area (Å²) in [6.45, 7) is 3.21. The van der Waals surface area contributed by atoms with Gasteiger partial charge in [-0.2, -0.15) is 0 Å². The SMILES string of the molecule is O=C(CSC(=S)N1C[C@@H]2C[C@@H](C1)c1cccc(=O)n1C2)N1CCc2ccccc21. The van der Waals surface area contributed by atoms with Crippen molar-refractivity contribution in [3.8, 4) is 0 Å². The number of hydrogen-bond acceptors (Lipinski definition) is 4. The average molecular weight is 426 g/mol. The fraction of sp³-hybridized carbons (Fsp3) is 0.409. The highest BCUT2D eigenvalue weighted by atomic mass is 32.2. The first-order valence-corrected chi connectivity index (χ1v) is 11.5. The Morgan fingerprint density at radius 3 is 2.86 bits per heavy atom. The van der Waals surface area contributed by atoms with Gasteiger partial charge >= 0.3 is 0 Å². The molecule has 1 amide bonds. The Balaban J connectivity index is 1.23. The molecular formula is C22H23N3O2S2. The number of nitrogens with zero attached hydrogens (tertiary/aromatic N) is 3. The van der Waals surface area contributed by atoms with E-state index in [0.29, 0.717) is 17.6 Å². The molecule has 3 aliphatic heterocycles. The van der Waals surface area contributed by atoms with Gasteiger partial charge < -0.3 is 14.4 Å². The maximum atomic E-state index is 12.8. The quantitative estimate of drug-likeness (QED) is 0.693. The van der Waals surface area contributed by atoms with E-state index in [9.17, 15) is 9.59 Å². The molecule has 1 aromatic heterocycles. The van der Waals surface area contributed by atoms with Crippen LogP contribution >= 0.6 is 24.0 Å². The summed E-state index contributed by atoms with van der Waals surface area (Å²) in [7, 11) is 0. The Morgan fingerprint density at radius 2 is 1.97 bits per heavy atom. The fourth-order valence-electron chi connectivity index (χ4n) is 4.94. The third kappa shape index (κ3) is 3.51. The maximum absolute atomic E-state index is 12.8. The van der Waals surface area contributed by atoms with Gasteiger partial charge in [0.1, 0.15) is 4.32 Å². The molecule has 0 saturated carbocycles. The second-order valence-electron chi connectivity index (χ2n) is 8.08. The van der Waals surface area contributed by atoms with Gasteiger partial charge in [0.05, 0.1) is 5.75 Å². The van der Waals surface area contributed by atoms with E-state index in [-0.39, 0.29) is 11.5 Å². The van der Waals surface area contributed by atoms with E-state index in [1.165, 1.54) is 17.3 Å². The predicted octanol–water partition coefficient (Wildman–Crippen LogP) is 2.87. The molecule has 5 nitrogen and oxygen atoms in total. The molecule has 1 aromatic carbocycles. The van der Waals surface area contributed by atoms with Crippen LogP contribution < -0.4 is 10.5 Å². The Kier molecular flexibility index (Phi) is 4.95. The lowest BCUT2D eigenvalue weighted by Gasteiger charge is -2.43. The van der Waals surface area contributed by atoms with Gasteiger partial charge in [-0.1, -0.05) is 48.2 Å². The Labute approximate surface area is 179 Å². The highest BCUT2D eigenvalue weighted by Gasteiger charge is 2.35. The number of aromatic nitrogens is 1. The molecule has 0 aliphatic carbocycles. The van der Waals surface area contributed by atoms with Gasteiger partial charge in [0.2, 0.25) is 5.91 Å². The zero-order valence-corrected chi connectivity index (χ0v) is 17.8. The van der Waals surface area contributed by atoms with E-state index < -0.39 is 0 Å². The van der Waals surface area contributed by atoms with E-state index in [0.717, 1.165) is 54.7 Å². The lowest BCUT2D eigenvalue weighted by Crippen LogP contribution is -2.48. The van der Waals surface area contributed by atoms with Crippen LogP contribution in [0.5, 0.6) is 0 Å². The number of piperidine rings is 1. The van der Waals surface area contributed by atoms with Crippen molar-refractivity contribution in [2.75, 3.05) is 30.3 Å². The number of fused-ring (bicyclic) bond motifs is 5. The van der Waals surface area contributed by atoms with Crippen molar-refractivity contribution in [3.63, 3.8) is 0 Å². The minimum absolute atomic E-state index is 0.0964. The number of benzene rings is 1. The highest BCUT2D eigenvalue weighted by molar-refractivity contribution is 8.23. The summed E-state index contributed by atoms with van der Waals surface area (Å²) in [5, 5.41) is 0. The third-order valence-corrected chi connectivity index (χ3v) is 7.75. The van der Waals surface area contributed by atoms with Crippen LogP contribution in [0.3, 0.4) is 0 Å². The van der Waals surface area contributed by atoms with Crippen LogP contribution in [0.15, 0.2) is 47.3 Å². The van der Waals surface area contributed by atoms with Crippen molar-refractivity contribution >= 4 is 39.9 Å². The minimum atomic E-state index is 0.0964. The van der Waals surface area contributed by atoms with Gasteiger partial charge in [-0.15, -0.1) is 0 Å². The summed E-state index contributed by atoms with van der Waals surface area (Å²) < 4.78 is 2.73. The average Bonchev–Trinajstić information content (AvgIpc) is 3.17. The van der Waals surface area contributed by atoms with Crippen molar-refractivity contribution in [1.29, 1.82) is 0 Å². The molecule has 7 heteroatoms. The largest absolute Gasteiger partial charge is 0.356 e. The summed E-state index contributed by atoms with van der Waals surface area (Å²) in [6, 6.07) is 13.7. The summed E-state index contributed by atoms with van der Waals surface area (Å²) in [6.07, 6.45) is 2.03. The molecule has 29 heavy (non-hydrogen) atoms. The van der Waals surface area contributed by atoms with Gasteiger partial charge in [-0.3, -0.25) is 9.59 Å². The number of para-hydroxylation sites is 1. The summed E-state index contributed by atoms with van der Waals surface area (Å²) in [5.74, 6) is 1.25. The molecule has 1 fully saturated rings. The van der Waals surface area contributed by atoms with Crippen molar-refractivity contribution < 1.29 is 4.79 Å². The molecule has 0 unspecified atom stereocenters. The summed E-state index contributed by atoms with van der Waals surface area (Å²) >= 11 is 7.17. The minimum Gasteiger partial charge on any atom is -0.356 e. The zero-order valence-electron chi connectivity index (χ0n) is 16.1. The lowest BCUT2D eigenvalue weighted by atomic mass is 9.83. The number of likely N-dealkylation sites (tertiary alicyclic amines) is 1. The third-order valence-electron chi connectivity index (χ3n) is 6.25. The Morgan fingerprint density at radius 1 is 1.10 bits per heavy atom. The van der Waals surface area contributed by atoms with Crippen molar-refractivity contribution in [3.05, 3.63) is 64.1 Å². The van der Waals surface area contributed by atoms with Crippen LogP contribution in [0.1, 0.15) is 23.6 Å². The molecule has 3 aliphatic rings. The summed E-state index contributed by atoms with van der Waals surface area (Å²) in [5.41, 5.74) is 3.50. The Hall–Kier alpha value is -2.12. The Bertz CT molecular complexity index is 1030. The first kappa shape index (κ1) is 18.9. The number of carbonyl (C=O) groups is 1. The number of pyridine rings is 1. The second kappa shape index (κ2) is 7.61. The van der Waals surface area contributed by atoms with Crippen molar-refractivity contribution in [1.82, 2.24) is 9.47 Å². The smallest absolute Gasteiger partial charge is 0.250 e. The molecule has 2 bridgehead atoms. The first-order chi connectivity index (χ1) is 14.1.